The summed E-state index contributed by atoms with van der Waals surface area (Å²) in [6, 6.07) is 12.7. The predicted octanol–water partition coefficient (Wildman–Crippen LogP) is 2.57. The Hall–Kier alpha value is -2.69. The zero-order valence-corrected chi connectivity index (χ0v) is 13.2. The van der Waals surface area contributed by atoms with E-state index < -0.39 is 5.97 Å². The highest BCUT2D eigenvalue weighted by Gasteiger charge is 2.08. The number of esters is 1. The Morgan fingerprint density at radius 1 is 1.09 bits per heavy atom. The Morgan fingerprint density at radius 3 is 2.61 bits per heavy atom. The van der Waals surface area contributed by atoms with E-state index in [0.29, 0.717) is 17.7 Å². The van der Waals surface area contributed by atoms with Crippen molar-refractivity contribution in [2.24, 2.45) is 0 Å². The number of nitrogens with zero attached hydrogens (tertiary/aromatic N) is 1. The second-order valence-corrected chi connectivity index (χ2v) is 5.19. The van der Waals surface area contributed by atoms with Crippen LogP contribution in [0.3, 0.4) is 0 Å². The highest BCUT2D eigenvalue weighted by Crippen LogP contribution is 2.12. The van der Waals surface area contributed by atoms with Crippen LogP contribution in [0.15, 0.2) is 54.9 Å². The quantitative estimate of drug-likeness (QED) is 0.485. The highest BCUT2D eigenvalue weighted by atomic mass is 16.5. The summed E-state index contributed by atoms with van der Waals surface area (Å²) in [5.41, 5.74) is 1.03. The van der Waals surface area contributed by atoms with Gasteiger partial charge in [0.2, 0.25) is 5.91 Å². The normalized spacial score (nSPS) is 10.1. The average molecular weight is 313 g/mol. The fourth-order valence-electron chi connectivity index (χ4n) is 2.23. The van der Waals surface area contributed by atoms with Gasteiger partial charge in [-0.2, -0.15) is 0 Å². The number of unbranched alkanes of at least 4 members (excludes halogenated alkanes) is 1. The summed E-state index contributed by atoms with van der Waals surface area (Å²) in [5.74, 6) is -0.467. The molecule has 1 heterocycles. The molecule has 0 aliphatic carbocycles. The van der Waals surface area contributed by atoms with Crippen molar-refractivity contribution in [2.75, 3.05) is 12.4 Å². The molecule has 5 nitrogen and oxygen atoms in total. The summed E-state index contributed by atoms with van der Waals surface area (Å²) in [6.45, 7) is 0.895. The van der Waals surface area contributed by atoms with Crippen molar-refractivity contribution < 1.29 is 18.9 Å². The lowest BCUT2D eigenvalue weighted by molar-refractivity contribution is -0.697. The minimum atomic E-state index is -0.416. The summed E-state index contributed by atoms with van der Waals surface area (Å²) < 4.78 is 6.76. The number of pyridine rings is 1. The van der Waals surface area contributed by atoms with Crippen molar-refractivity contribution >= 4 is 17.6 Å². The number of hydrogen-bond acceptors (Lipinski definition) is 3. The van der Waals surface area contributed by atoms with Crippen molar-refractivity contribution in [1.29, 1.82) is 0 Å². The summed E-state index contributed by atoms with van der Waals surface area (Å²) in [6.07, 6.45) is 6.22. The summed E-state index contributed by atoms with van der Waals surface area (Å²) >= 11 is 0. The van der Waals surface area contributed by atoms with Gasteiger partial charge in [-0.15, -0.1) is 0 Å². The Bertz CT molecular complexity index is 656. The summed E-state index contributed by atoms with van der Waals surface area (Å²) in [7, 11) is 1.33. The lowest BCUT2D eigenvalue weighted by atomic mass is 10.2. The maximum atomic E-state index is 11.9. The average Bonchev–Trinajstić information content (AvgIpc) is 2.59. The van der Waals surface area contributed by atoms with Gasteiger partial charge in [-0.25, -0.2) is 9.36 Å². The van der Waals surface area contributed by atoms with E-state index in [-0.39, 0.29) is 5.91 Å². The molecule has 120 valence electrons. The van der Waals surface area contributed by atoms with Crippen LogP contribution in [0.1, 0.15) is 29.6 Å². The molecule has 0 unspecified atom stereocenters. The van der Waals surface area contributed by atoms with Crippen molar-refractivity contribution in [2.45, 2.75) is 25.8 Å². The van der Waals surface area contributed by atoms with E-state index in [4.69, 9.17) is 0 Å². The van der Waals surface area contributed by atoms with Crippen molar-refractivity contribution in [3.05, 3.63) is 60.4 Å². The number of amides is 1. The number of aryl methyl sites for hydroxylation is 1. The van der Waals surface area contributed by atoms with Crippen LogP contribution in [0.4, 0.5) is 5.69 Å². The molecule has 1 aromatic heterocycles. The third-order valence-electron chi connectivity index (χ3n) is 3.41. The Morgan fingerprint density at radius 2 is 1.87 bits per heavy atom. The van der Waals surface area contributed by atoms with Crippen LogP contribution in [-0.2, 0) is 16.1 Å². The van der Waals surface area contributed by atoms with E-state index in [0.717, 1.165) is 19.4 Å². The SMILES string of the molecule is COC(=O)c1cccc(NC(=O)CCCC[n+]2ccccc2)c1. The first-order valence-electron chi connectivity index (χ1n) is 7.61. The monoisotopic (exact) mass is 313 g/mol. The number of carbonyl (C=O) groups is 2. The molecular formula is C18H21N2O3+. The molecule has 1 N–H and O–H groups in total. The van der Waals surface area contributed by atoms with E-state index in [1.165, 1.54) is 7.11 Å². The molecule has 0 saturated carbocycles. The number of aromatic nitrogens is 1. The molecule has 0 saturated heterocycles. The lowest BCUT2D eigenvalue weighted by Gasteiger charge is -2.06. The Kier molecular flexibility index (Phi) is 6.29. The van der Waals surface area contributed by atoms with Crippen molar-refractivity contribution in [3.63, 3.8) is 0 Å². The zero-order valence-electron chi connectivity index (χ0n) is 13.2. The van der Waals surface area contributed by atoms with Crippen LogP contribution in [0.5, 0.6) is 0 Å². The number of nitrogens with one attached hydrogen (secondary N) is 1. The molecule has 0 bridgehead atoms. The van der Waals surface area contributed by atoms with Crippen molar-refractivity contribution in [3.8, 4) is 0 Å². The third-order valence-corrected chi connectivity index (χ3v) is 3.41. The molecule has 2 aromatic rings. The van der Waals surface area contributed by atoms with Crippen LogP contribution < -0.4 is 9.88 Å². The van der Waals surface area contributed by atoms with Gasteiger partial charge in [0.1, 0.15) is 6.54 Å². The minimum absolute atomic E-state index is 0.0509. The fourth-order valence-corrected chi connectivity index (χ4v) is 2.23. The highest BCUT2D eigenvalue weighted by molar-refractivity contribution is 5.94. The molecule has 0 radical (unpaired) electrons. The first-order chi connectivity index (χ1) is 11.2. The molecule has 5 heteroatoms. The van der Waals surface area contributed by atoms with E-state index in [1.54, 1.807) is 24.3 Å². The number of carbonyl (C=O) groups excluding carboxylic acids is 2. The molecule has 2 rings (SSSR count). The molecule has 23 heavy (non-hydrogen) atoms. The Labute approximate surface area is 135 Å². The van der Waals surface area contributed by atoms with Gasteiger partial charge in [0, 0.05) is 30.7 Å². The third kappa shape index (κ3) is 5.54. The predicted molar refractivity (Wildman–Crippen MR) is 86.9 cm³/mol. The summed E-state index contributed by atoms with van der Waals surface area (Å²) in [4.78, 5) is 23.4. The van der Waals surface area contributed by atoms with E-state index in [9.17, 15) is 9.59 Å². The van der Waals surface area contributed by atoms with Gasteiger partial charge in [0.05, 0.1) is 12.7 Å². The van der Waals surface area contributed by atoms with Crippen LogP contribution in [0.25, 0.3) is 0 Å². The van der Waals surface area contributed by atoms with Crippen LogP contribution in [0, 0.1) is 0 Å². The van der Waals surface area contributed by atoms with Gasteiger partial charge in [-0.05, 0) is 24.6 Å². The second kappa shape index (κ2) is 8.68. The van der Waals surface area contributed by atoms with Gasteiger partial charge >= 0.3 is 5.97 Å². The lowest BCUT2D eigenvalue weighted by Crippen LogP contribution is -2.32. The van der Waals surface area contributed by atoms with E-state index in [1.807, 2.05) is 30.6 Å². The molecule has 1 aromatic carbocycles. The maximum absolute atomic E-state index is 11.9. The molecule has 0 fully saturated rings. The zero-order chi connectivity index (χ0) is 16.5. The summed E-state index contributed by atoms with van der Waals surface area (Å²) in [5, 5.41) is 2.81. The molecular weight excluding hydrogens is 292 g/mol. The molecule has 0 atom stereocenters. The van der Waals surface area contributed by atoms with Gasteiger partial charge in [-0.1, -0.05) is 12.1 Å². The number of benzene rings is 1. The van der Waals surface area contributed by atoms with Crippen LogP contribution in [0.2, 0.25) is 0 Å². The standard InChI is InChI=1S/C18H20N2O3/c1-23-18(22)15-8-7-9-16(14-15)19-17(21)10-3-6-13-20-11-4-2-5-12-20/h2,4-5,7-9,11-12,14H,3,6,10,13H2,1H3/p+1. The molecule has 0 spiro atoms. The second-order valence-electron chi connectivity index (χ2n) is 5.19. The van der Waals surface area contributed by atoms with Gasteiger partial charge in [0.25, 0.3) is 0 Å². The van der Waals surface area contributed by atoms with Gasteiger partial charge in [-0.3, -0.25) is 4.79 Å². The molecule has 0 aliphatic heterocycles. The van der Waals surface area contributed by atoms with E-state index in [2.05, 4.69) is 14.6 Å². The van der Waals surface area contributed by atoms with Crippen LogP contribution in [-0.4, -0.2) is 19.0 Å². The number of anilines is 1. The topological polar surface area (TPSA) is 59.3 Å². The van der Waals surface area contributed by atoms with Crippen molar-refractivity contribution in [1.82, 2.24) is 0 Å². The van der Waals surface area contributed by atoms with Gasteiger partial charge in [0.15, 0.2) is 12.4 Å². The maximum Gasteiger partial charge on any atom is 0.337 e. The fraction of sp³-hybridized carbons (Fsp3) is 0.278. The first-order valence-corrected chi connectivity index (χ1v) is 7.61. The first kappa shape index (κ1) is 16.7. The van der Waals surface area contributed by atoms with Gasteiger partial charge < -0.3 is 10.1 Å². The molecule has 0 aliphatic rings. The number of methoxy groups -OCH3 is 1. The largest absolute Gasteiger partial charge is 0.465 e. The van der Waals surface area contributed by atoms with E-state index >= 15 is 0 Å². The number of ether oxygens (including phenoxy) is 1. The smallest absolute Gasteiger partial charge is 0.337 e. The molecule has 1 amide bonds. The Balaban J connectivity index is 1.75. The van der Waals surface area contributed by atoms with Crippen LogP contribution >= 0.6 is 0 Å². The number of hydrogen-bond donors (Lipinski definition) is 1. The number of rotatable bonds is 7. The minimum Gasteiger partial charge on any atom is -0.465 e.